The minimum atomic E-state index is -0.338. The molecule has 2 heterocycles. The molecule has 0 saturated heterocycles. The van der Waals surface area contributed by atoms with Crippen LogP contribution in [0.15, 0.2) is 79.1 Å². The van der Waals surface area contributed by atoms with Crippen molar-refractivity contribution < 1.29 is 14.3 Å². The lowest BCUT2D eigenvalue weighted by atomic mass is 10.1. The summed E-state index contributed by atoms with van der Waals surface area (Å²) in [5, 5.41) is 7.42. The van der Waals surface area contributed by atoms with Gasteiger partial charge in [0.2, 0.25) is 5.91 Å². The van der Waals surface area contributed by atoms with Crippen LogP contribution in [0.5, 0.6) is 5.75 Å². The number of rotatable bonds is 7. The van der Waals surface area contributed by atoms with Gasteiger partial charge in [-0.15, -0.1) is 0 Å². The number of pyridine rings is 1. The van der Waals surface area contributed by atoms with Crippen LogP contribution in [-0.4, -0.2) is 52.2 Å². The summed E-state index contributed by atoms with van der Waals surface area (Å²) in [6.45, 7) is 1.78. The van der Waals surface area contributed by atoms with E-state index in [1.54, 1.807) is 37.3 Å². The van der Waals surface area contributed by atoms with Crippen molar-refractivity contribution in [3.63, 3.8) is 0 Å². The van der Waals surface area contributed by atoms with Gasteiger partial charge in [-0.2, -0.15) is 5.10 Å². The third-order valence-corrected chi connectivity index (χ3v) is 5.24. The predicted molar refractivity (Wildman–Crippen MR) is 130 cm³/mol. The first-order chi connectivity index (χ1) is 16.4. The molecule has 0 atom stereocenters. The lowest BCUT2D eigenvalue weighted by Gasteiger charge is -2.16. The van der Waals surface area contributed by atoms with E-state index in [-0.39, 0.29) is 18.4 Å². The Bertz CT molecular complexity index is 1300. The number of anilines is 1. The Hall–Kier alpha value is -4.46. The second kappa shape index (κ2) is 9.99. The molecule has 0 unspecified atom stereocenters. The van der Waals surface area contributed by atoms with E-state index in [4.69, 9.17) is 4.74 Å². The van der Waals surface area contributed by atoms with Gasteiger partial charge in [-0.25, -0.2) is 9.67 Å². The quantitative estimate of drug-likeness (QED) is 0.456. The van der Waals surface area contributed by atoms with Crippen LogP contribution in [0.4, 0.5) is 5.82 Å². The molecule has 0 spiro atoms. The number of amides is 2. The number of hydrogen-bond acceptors (Lipinski definition) is 5. The number of likely N-dealkylation sites (N-methyl/N-ethyl adjacent to an activating group) is 1. The van der Waals surface area contributed by atoms with E-state index >= 15 is 0 Å². The fourth-order valence-corrected chi connectivity index (χ4v) is 3.49. The standard InChI is InChI=1S/C26H25N5O3/c1-18-13-14-27-23(15-18)28-24(32)17-30(2)26(33)22-16-31(20-7-5-4-6-8-20)29-25(22)19-9-11-21(34-3)12-10-19/h4-16H,17H2,1-3H3,(H,27,28,32). The highest BCUT2D eigenvalue weighted by atomic mass is 16.5. The molecule has 4 aromatic rings. The van der Waals surface area contributed by atoms with Gasteiger partial charge in [-0.3, -0.25) is 9.59 Å². The van der Waals surface area contributed by atoms with Gasteiger partial charge in [0, 0.05) is 25.0 Å². The van der Waals surface area contributed by atoms with Gasteiger partial charge in [0.25, 0.3) is 5.91 Å². The Morgan fingerprint density at radius 2 is 1.79 bits per heavy atom. The molecule has 0 aliphatic heterocycles. The van der Waals surface area contributed by atoms with Crippen molar-refractivity contribution in [2.75, 3.05) is 26.0 Å². The van der Waals surface area contributed by atoms with Crippen LogP contribution >= 0.6 is 0 Å². The molecule has 34 heavy (non-hydrogen) atoms. The molecular formula is C26H25N5O3. The Morgan fingerprint density at radius 1 is 1.06 bits per heavy atom. The number of carbonyl (C=O) groups excluding carboxylic acids is 2. The van der Waals surface area contributed by atoms with E-state index in [1.807, 2.05) is 67.6 Å². The minimum absolute atomic E-state index is 0.132. The lowest BCUT2D eigenvalue weighted by Crippen LogP contribution is -2.35. The Morgan fingerprint density at radius 3 is 2.47 bits per heavy atom. The summed E-state index contributed by atoms with van der Waals surface area (Å²) in [6, 6.07) is 20.5. The molecule has 0 fully saturated rings. The summed E-state index contributed by atoms with van der Waals surface area (Å²) in [5.74, 6) is 0.495. The van der Waals surface area contributed by atoms with Crippen molar-refractivity contribution >= 4 is 17.6 Å². The molecule has 0 radical (unpaired) electrons. The Balaban J connectivity index is 1.61. The number of methoxy groups -OCH3 is 1. The molecular weight excluding hydrogens is 430 g/mol. The number of para-hydroxylation sites is 1. The van der Waals surface area contributed by atoms with Gasteiger partial charge in [-0.05, 0) is 61.0 Å². The molecule has 2 aromatic carbocycles. The number of aryl methyl sites for hydroxylation is 1. The number of ether oxygens (including phenoxy) is 1. The summed E-state index contributed by atoms with van der Waals surface area (Å²) in [4.78, 5) is 31.4. The van der Waals surface area contributed by atoms with E-state index in [9.17, 15) is 9.59 Å². The average Bonchev–Trinajstić information content (AvgIpc) is 3.29. The van der Waals surface area contributed by atoms with Crippen molar-refractivity contribution in [2.24, 2.45) is 0 Å². The van der Waals surface area contributed by atoms with E-state index in [1.165, 1.54) is 4.90 Å². The largest absolute Gasteiger partial charge is 0.497 e. The van der Waals surface area contributed by atoms with Crippen molar-refractivity contribution in [1.82, 2.24) is 19.7 Å². The van der Waals surface area contributed by atoms with E-state index in [0.717, 1.165) is 16.8 Å². The van der Waals surface area contributed by atoms with Gasteiger partial charge in [0.1, 0.15) is 17.3 Å². The molecule has 0 saturated carbocycles. The zero-order valence-corrected chi connectivity index (χ0v) is 19.2. The second-order valence-corrected chi connectivity index (χ2v) is 7.83. The van der Waals surface area contributed by atoms with Crippen molar-refractivity contribution in [3.05, 3.63) is 90.3 Å². The normalized spacial score (nSPS) is 10.6. The highest BCUT2D eigenvalue weighted by molar-refractivity contribution is 6.02. The Kier molecular flexibility index (Phi) is 6.68. The van der Waals surface area contributed by atoms with Crippen molar-refractivity contribution in [2.45, 2.75) is 6.92 Å². The number of aromatic nitrogens is 3. The molecule has 0 bridgehead atoms. The smallest absolute Gasteiger partial charge is 0.257 e. The van der Waals surface area contributed by atoms with Crippen LogP contribution in [0.2, 0.25) is 0 Å². The number of carbonyl (C=O) groups is 2. The summed E-state index contributed by atoms with van der Waals surface area (Å²) in [5.41, 5.74) is 3.47. The zero-order valence-electron chi connectivity index (χ0n) is 19.2. The first kappa shape index (κ1) is 22.7. The van der Waals surface area contributed by atoms with Gasteiger partial charge < -0.3 is 15.0 Å². The second-order valence-electron chi connectivity index (χ2n) is 7.83. The summed E-state index contributed by atoms with van der Waals surface area (Å²) >= 11 is 0. The lowest BCUT2D eigenvalue weighted by molar-refractivity contribution is -0.116. The highest BCUT2D eigenvalue weighted by Crippen LogP contribution is 2.26. The highest BCUT2D eigenvalue weighted by Gasteiger charge is 2.23. The molecule has 4 rings (SSSR count). The van der Waals surface area contributed by atoms with Crippen LogP contribution in [0.25, 0.3) is 16.9 Å². The molecule has 2 aromatic heterocycles. The van der Waals surface area contributed by atoms with Crippen LogP contribution in [-0.2, 0) is 4.79 Å². The molecule has 8 nitrogen and oxygen atoms in total. The fourth-order valence-electron chi connectivity index (χ4n) is 3.49. The average molecular weight is 456 g/mol. The van der Waals surface area contributed by atoms with Gasteiger partial charge >= 0.3 is 0 Å². The SMILES string of the molecule is COc1ccc(-c2nn(-c3ccccc3)cc2C(=O)N(C)CC(=O)Nc2cc(C)ccn2)cc1. The molecule has 0 aliphatic rings. The zero-order chi connectivity index (χ0) is 24.1. The number of nitrogens with one attached hydrogen (secondary N) is 1. The third-order valence-electron chi connectivity index (χ3n) is 5.24. The first-order valence-corrected chi connectivity index (χ1v) is 10.7. The molecule has 0 aliphatic carbocycles. The van der Waals surface area contributed by atoms with Gasteiger partial charge in [0.15, 0.2) is 0 Å². The predicted octanol–water partition coefficient (Wildman–Crippen LogP) is 3.96. The summed E-state index contributed by atoms with van der Waals surface area (Å²) < 4.78 is 6.91. The van der Waals surface area contributed by atoms with Gasteiger partial charge in [-0.1, -0.05) is 18.2 Å². The van der Waals surface area contributed by atoms with Gasteiger partial charge in [0.05, 0.1) is 24.9 Å². The first-order valence-electron chi connectivity index (χ1n) is 10.7. The fraction of sp³-hybridized carbons (Fsp3) is 0.154. The van der Waals surface area contributed by atoms with Crippen molar-refractivity contribution in [1.29, 1.82) is 0 Å². The topological polar surface area (TPSA) is 89.4 Å². The maximum Gasteiger partial charge on any atom is 0.257 e. The minimum Gasteiger partial charge on any atom is -0.497 e. The summed E-state index contributed by atoms with van der Waals surface area (Å²) in [6.07, 6.45) is 3.31. The van der Waals surface area contributed by atoms with Crippen molar-refractivity contribution in [3.8, 4) is 22.7 Å². The molecule has 2 amide bonds. The van der Waals surface area contributed by atoms with E-state index in [2.05, 4.69) is 15.4 Å². The molecule has 172 valence electrons. The maximum absolute atomic E-state index is 13.4. The molecule has 8 heteroatoms. The number of nitrogens with zero attached hydrogens (tertiary/aromatic N) is 4. The monoisotopic (exact) mass is 455 g/mol. The van der Waals surface area contributed by atoms with Crippen LogP contribution < -0.4 is 10.1 Å². The maximum atomic E-state index is 13.4. The number of hydrogen-bond donors (Lipinski definition) is 1. The Labute approximate surface area is 197 Å². The molecule has 1 N–H and O–H groups in total. The van der Waals surface area contributed by atoms with E-state index < -0.39 is 0 Å². The van der Waals surface area contributed by atoms with Crippen LogP contribution in [0, 0.1) is 6.92 Å². The van der Waals surface area contributed by atoms with E-state index in [0.29, 0.717) is 22.8 Å². The summed E-state index contributed by atoms with van der Waals surface area (Å²) in [7, 11) is 3.18. The number of benzene rings is 2. The third kappa shape index (κ3) is 5.12. The van der Waals surface area contributed by atoms with Crippen LogP contribution in [0.1, 0.15) is 15.9 Å². The van der Waals surface area contributed by atoms with Crippen LogP contribution in [0.3, 0.4) is 0 Å².